The van der Waals surface area contributed by atoms with Gasteiger partial charge < -0.3 is 14.8 Å². The van der Waals surface area contributed by atoms with Gasteiger partial charge in [-0.15, -0.1) is 0 Å². The van der Waals surface area contributed by atoms with Crippen LogP contribution in [0.2, 0.25) is 0 Å². The number of hydrogen-bond donors (Lipinski definition) is 1. The van der Waals surface area contributed by atoms with E-state index in [-0.39, 0.29) is 6.54 Å². The van der Waals surface area contributed by atoms with Crippen LogP contribution in [0.1, 0.15) is 44.1 Å². The number of benzene rings is 1. The number of hydrogen-bond acceptors (Lipinski definition) is 5. The highest BCUT2D eigenvalue weighted by molar-refractivity contribution is 6.09. The molecule has 1 spiro atoms. The van der Waals surface area contributed by atoms with E-state index in [4.69, 9.17) is 9.47 Å². The number of amides is 3. The predicted octanol–water partition coefficient (Wildman–Crippen LogP) is 2.34. The van der Waals surface area contributed by atoms with E-state index >= 15 is 0 Å². The van der Waals surface area contributed by atoms with Crippen molar-refractivity contribution in [2.24, 2.45) is 5.92 Å². The Balaban J connectivity index is 1.44. The largest absolute Gasteiger partial charge is 0.493 e. The summed E-state index contributed by atoms with van der Waals surface area (Å²) in [5, 5.41) is 2.79. The average molecular weight is 372 g/mol. The lowest BCUT2D eigenvalue weighted by Gasteiger charge is -2.33. The highest BCUT2D eigenvalue weighted by Gasteiger charge is 2.55. The molecular weight excluding hydrogens is 348 g/mol. The van der Waals surface area contributed by atoms with Crippen molar-refractivity contribution in [1.82, 2.24) is 10.2 Å². The molecule has 0 unspecified atom stereocenters. The number of carbonyl (C=O) groups excluding carboxylic acids is 3. The number of nitrogens with zero attached hydrogens (tertiary/aromatic N) is 1. The van der Waals surface area contributed by atoms with Gasteiger partial charge in [-0.2, -0.15) is 0 Å². The fraction of sp³-hybridized carbons (Fsp3) is 0.550. The van der Waals surface area contributed by atoms with Crippen LogP contribution in [-0.2, 0) is 19.9 Å². The predicted molar refractivity (Wildman–Crippen MR) is 96.0 cm³/mol. The minimum Gasteiger partial charge on any atom is -0.493 e. The van der Waals surface area contributed by atoms with Crippen LogP contribution in [0.3, 0.4) is 0 Å². The van der Waals surface area contributed by atoms with E-state index < -0.39 is 23.4 Å². The fourth-order valence-corrected chi connectivity index (χ4v) is 4.25. The summed E-state index contributed by atoms with van der Waals surface area (Å²) < 4.78 is 10.9. The molecule has 1 aliphatic carbocycles. The summed E-state index contributed by atoms with van der Waals surface area (Å²) in [7, 11) is 0. The van der Waals surface area contributed by atoms with Crippen LogP contribution < -0.4 is 10.1 Å². The van der Waals surface area contributed by atoms with Gasteiger partial charge in [-0.1, -0.05) is 37.5 Å². The van der Waals surface area contributed by atoms with Gasteiger partial charge in [0.2, 0.25) is 0 Å². The molecule has 0 bridgehead atoms. The topological polar surface area (TPSA) is 84.9 Å². The summed E-state index contributed by atoms with van der Waals surface area (Å²) in [6.07, 6.45) is 6.04. The molecule has 7 heteroatoms. The van der Waals surface area contributed by atoms with E-state index in [1.54, 1.807) is 18.2 Å². The Morgan fingerprint density at radius 3 is 2.81 bits per heavy atom. The normalized spacial score (nSPS) is 25.1. The summed E-state index contributed by atoms with van der Waals surface area (Å²) in [5.41, 5.74) is -0.525. The Hall–Kier alpha value is -2.57. The lowest BCUT2D eigenvalue weighted by molar-refractivity contribution is -0.149. The van der Waals surface area contributed by atoms with Crippen molar-refractivity contribution in [2.45, 2.75) is 44.1 Å². The fourth-order valence-electron chi connectivity index (χ4n) is 4.25. The van der Waals surface area contributed by atoms with Gasteiger partial charge in [0.25, 0.3) is 5.91 Å². The first-order valence-electron chi connectivity index (χ1n) is 9.62. The first kappa shape index (κ1) is 17.8. The Morgan fingerprint density at radius 2 is 2.00 bits per heavy atom. The number of carbonyl (C=O) groups is 3. The third-order valence-electron chi connectivity index (χ3n) is 5.75. The van der Waals surface area contributed by atoms with Crippen LogP contribution >= 0.6 is 0 Å². The van der Waals surface area contributed by atoms with Crippen LogP contribution in [0.25, 0.3) is 0 Å². The summed E-state index contributed by atoms with van der Waals surface area (Å²) in [6.45, 7) is 0.329. The standard InChI is InChI=1S/C20H24N2O5/c23-17(27-13-14-6-2-1-3-7-14)12-22-18(24)20(21-19(22)25)10-11-26-16-9-5-4-8-15(16)20/h4-5,8-9,14H,1-3,6-7,10-13H2,(H,21,25)/t20-/m0/s1. The van der Waals surface area contributed by atoms with Gasteiger partial charge in [0, 0.05) is 12.0 Å². The number of esters is 1. The minimum absolute atomic E-state index is 0.322. The molecule has 2 fully saturated rings. The molecule has 2 aliphatic heterocycles. The van der Waals surface area contributed by atoms with Gasteiger partial charge in [0.15, 0.2) is 5.54 Å². The van der Waals surface area contributed by atoms with Crippen LogP contribution in [0.4, 0.5) is 4.79 Å². The van der Waals surface area contributed by atoms with Gasteiger partial charge in [-0.3, -0.25) is 14.5 Å². The van der Waals surface area contributed by atoms with Crippen molar-refractivity contribution < 1.29 is 23.9 Å². The van der Waals surface area contributed by atoms with Gasteiger partial charge in [-0.25, -0.2) is 4.79 Å². The molecule has 1 N–H and O–H groups in total. The average Bonchev–Trinajstić information content (AvgIpc) is 2.92. The lowest BCUT2D eigenvalue weighted by Crippen LogP contribution is -2.47. The van der Waals surface area contributed by atoms with Crippen molar-refractivity contribution in [3.63, 3.8) is 0 Å². The molecule has 1 saturated heterocycles. The van der Waals surface area contributed by atoms with Crippen LogP contribution in [-0.4, -0.2) is 42.6 Å². The zero-order valence-corrected chi connectivity index (χ0v) is 15.2. The highest BCUT2D eigenvalue weighted by Crippen LogP contribution is 2.40. The van der Waals surface area contributed by atoms with E-state index in [9.17, 15) is 14.4 Å². The molecule has 1 atom stereocenters. The quantitative estimate of drug-likeness (QED) is 0.648. The van der Waals surface area contributed by atoms with E-state index in [0.717, 1.165) is 17.7 Å². The Morgan fingerprint density at radius 1 is 1.22 bits per heavy atom. The third kappa shape index (κ3) is 3.26. The SMILES string of the molecule is O=C(CN1C(=O)N[C@]2(CCOc3ccccc32)C1=O)OCC1CCCCC1. The Kier molecular flexibility index (Phi) is 4.76. The van der Waals surface area contributed by atoms with Crippen molar-refractivity contribution in [3.05, 3.63) is 29.8 Å². The molecule has 7 nitrogen and oxygen atoms in total. The molecule has 144 valence electrons. The maximum absolute atomic E-state index is 13.1. The lowest BCUT2D eigenvalue weighted by atomic mass is 9.84. The van der Waals surface area contributed by atoms with Crippen molar-refractivity contribution in [3.8, 4) is 5.75 Å². The second kappa shape index (κ2) is 7.21. The molecule has 1 saturated carbocycles. The minimum atomic E-state index is -1.16. The second-order valence-electron chi connectivity index (χ2n) is 7.51. The molecule has 0 aromatic heterocycles. The summed E-state index contributed by atoms with van der Waals surface area (Å²) in [5.74, 6) is 0.0120. The molecule has 0 radical (unpaired) electrons. The van der Waals surface area contributed by atoms with Gasteiger partial charge in [-0.05, 0) is 24.8 Å². The third-order valence-corrected chi connectivity index (χ3v) is 5.75. The number of nitrogens with one attached hydrogen (secondary N) is 1. The molecule has 3 amide bonds. The second-order valence-corrected chi connectivity index (χ2v) is 7.51. The number of imide groups is 1. The highest BCUT2D eigenvalue weighted by atomic mass is 16.5. The first-order valence-corrected chi connectivity index (χ1v) is 9.62. The Bertz CT molecular complexity index is 758. The van der Waals surface area contributed by atoms with Gasteiger partial charge >= 0.3 is 12.0 Å². The molecule has 3 aliphatic rings. The summed E-state index contributed by atoms with van der Waals surface area (Å²) in [4.78, 5) is 38.7. The summed E-state index contributed by atoms with van der Waals surface area (Å²) in [6, 6.07) is 6.61. The monoisotopic (exact) mass is 372 g/mol. The van der Waals surface area contributed by atoms with Crippen molar-refractivity contribution >= 4 is 17.9 Å². The Labute approximate surface area is 158 Å². The number of fused-ring (bicyclic) bond motifs is 2. The molecule has 27 heavy (non-hydrogen) atoms. The molecule has 1 aromatic carbocycles. The molecule has 2 heterocycles. The zero-order chi connectivity index (χ0) is 18.9. The van der Waals surface area contributed by atoms with Crippen molar-refractivity contribution in [1.29, 1.82) is 0 Å². The smallest absolute Gasteiger partial charge is 0.326 e. The van der Waals surface area contributed by atoms with E-state index in [2.05, 4.69) is 5.32 Å². The maximum Gasteiger partial charge on any atom is 0.326 e. The van der Waals surface area contributed by atoms with Crippen molar-refractivity contribution in [2.75, 3.05) is 19.8 Å². The van der Waals surface area contributed by atoms with E-state index in [1.165, 1.54) is 19.3 Å². The number of ether oxygens (including phenoxy) is 2. The van der Waals surface area contributed by atoms with E-state index in [1.807, 2.05) is 6.07 Å². The molecule has 1 aromatic rings. The molecular formula is C20H24N2O5. The number of urea groups is 1. The first-order chi connectivity index (χ1) is 13.1. The van der Waals surface area contributed by atoms with E-state index in [0.29, 0.717) is 36.9 Å². The van der Waals surface area contributed by atoms with Crippen LogP contribution in [0, 0.1) is 5.92 Å². The van der Waals surface area contributed by atoms with Crippen LogP contribution in [0.5, 0.6) is 5.75 Å². The maximum atomic E-state index is 13.1. The zero-order valence-electron chi connectivity index (χ0n) is 15.2. The molecule has 4 rings (SSSR count). The number of rotatable bonds is 4. The summed E-state index contributed by atoms with van der Waals surface area (Å²) >= 11 is 0. The van der Waals surface area contributed by atoms with Gasteiger partial charge in [0.05, 0.1) is 13.2 Å². The number of para-hydroxylation sites is 1. The van der Waals surface area contributed by atoms with Gasteiger partial charge in [0.1, 0.15) is 12.3 Å². The van der Waals surface area contributed by atoms with Crippen LogP contribution in [0.15, 0.2) is 24.3 Å².